The molecule has 0 aromatic heterocycles. The Morgan fingerprint density at radius 1 is 1.00 bits per heavy atom. The number of rotatable bonds is 7. The number of hydrogen-bond donors (Lipinski definition) is 3. The molecule has 11 heteroatoms. The van der Waals surface area contributed by atoms with Crippen LogP contribution in [-0.4, -0.2) is 35.6 Å². The van der Waals surface area contributed by atoms with Crippen LogP contribution in [0, 0.1) is 10.1 Å². The van der Waals surface area contributed by atoms with Gasteiger partial charge in [0.2, 0.25) is 5.91 Å². The maximum Gasteiger partial charge on any atom is 0.276 e. The first kappa shape index (κ1) is 21.6. The average molecular weight is 418 g/mol. The summed E-state index contributed by atoms with van der Waals surface area (Å²) in [7, 11) is 1.55. The van der Waals surface area contributed by atoms with Crippen molar-refractivity contribution in [2.24, 2.45) is 0 Å². The Morgan fingerprint density at radius 2 is 1.62 bits per heavy atom. The minimum absolute atomic E-state index is 0.0767. The second-order valence-electron chi connectivity index (χ2n) is 5.62. The average Bonchev–Trinajstić information content (AvgIpc) is 2.71. The Hall–Kier alpha value is -3.73. The van der Waals surface area contributed by atoms with Crippen molar-refractivity contribution in [2.45, 2.75) is 6.42 Å². The van der Waals surface area contributed by atoms with Crippen LogP contribution in [0.3, 0.4) is 0 Å². The van der Waals surface area contributed by atoms with E-state index in [0.717, 1.165) is 5.56 Å². The van der Waals surface area contributed by atoms with E-state index in [0.29, 0.717) is 11.5 Å². The van der Waals surface area contributed by atoms with E-state index < -0.39 is 10.8 Å². The quantitative estimate of drug-likeness (QED) is 0.348. The van der Waals surface area contributed by atoms with Crippen molar-refractivity contribution in [3.63, 3.8) is 0 Å². The number of nitrogens with zero attached hydrogens (tertiary/aromatic N) is 1. The zero-order valence-corrected chi connectivity index (χ0v) is 16.2. The number of amides is 2. The molecule has 29 heavy (non-hydrogen) atoms. The lowest BCUT2D eigenvalue weighted by molar-refractivity contribution is -0.384. The second kappa shape index (κ2) is 10.6. The number of hydrogen-bond acceptors (Lipinski definition) is 7. The molecule has 0 atom stereocenters. The minimum atomic E-state index is -0.560. The summed E-state index contributed by atoms with van der Waals surface area (Å²) in [6.45, 7) is -0.354. The summed E-state index contributed by atoms with van der Waals surface area (Å²) < 4.78 is 10.2. The first-order chi connectivity index (χ1) is 13.9. The van der Waals surface area contributed by atoms with Crippen molar-refractivity contribution < 1.29 is 24.0 Å². The molecule has 2 amide bonds. The van der Waals surface area contributed by atoms with Gasteiger partial charge in [0.05, 0.1) is 18.5 Å². The highest BCUT2D eigenvalue weighted by molar-refractivity contribution is 7.80. The Bertz CT molecular complexity index is 886. The van der Waals surface area contributed by atoms with Crippen LogP contribution in [-0.2, 0) is 16.0 Å². The number of methoxy groups -OCH3 is 1. The van der Waals surface area contributed by atoms with Gasteiger partial charge in [-0.15, -0.1) is 0 Å². The van der Waals surface area contributed by atoms with Crippen LogP contribution >= 0.6 is 12.2 Å². The Labute approximate surface area is 171 Å². The third-order valence-electron chi connectivity index (χ3n) is 3.51. The van der Waals surface area contributed by atoms with Crippen molar-refractivity contribution in [3.05, 3.63) is 64.2 Å². The van der Waals surface area contributed by atoms with Gasteiger partial charge in [0.25, 0.3) is 11.6 Å². The van der Waals surface area contributed by atoms with Gasteiger partial charge in [0, 0.05) is 12.1 Å². The molecule has 0 unspecified atom stereocenters. The van der Waals surface area contributed by atoms with Gasteiger partial charge >= 0.3 is 0 Å². The molecule has 0 aliphatic carbocycles. The summed E-state index contributed by atoms with van der Waals surface area (Å²) in [6, 6.07) is 12.3. The normalized spacial score (nSPS) is 9.83. The van der Waals surface area contributed by atoms with E-state index >= 15 is 0 Å². The van der Waals surface area contributed by atoms with Crippen molar-refractivity contribution >= 4 is 34.8 Å². The first-order valence-electron chi connectivity index (χ1n) is 8.26. The van der Waals surface area contributed by atoms with E-state index in [2.05, 4.69) is 16.2 Å². The number of hydrazine groups is 1. The van der Waals surface area contributed by atoms with E-state index in [1.54, 1.807) is 31.4 Å². The summed E-state index contributed by atoms with van der Waals surface area (Å²) in [5.41, 5.74) is 5.35. The molecule has 0 aliphatic rings. The topological polar surface area (TPSA) is 132 Å². The molecule has 3 N–H and O–H groups in total. The molecule has 0 saturated carbocycles. The molecule has 10 nitrogen and oxygen atoms in total. The fourth-order valence-corrected chi connectivity index (χ4v) is 2.27. The van der Waals surface area contributed by atoms with Crippen molar-refractivity contribution in [3.8, 4) is 11.5 Å². The van der Waals surface area contributed by atoms with Crippen molar-refractivity contribution in [2.75, 3.05) is 13.7 Å². The highest BCUT2D eigenvalue weighted by atomic mass is 32.1. The second-order valence-corrected chi connectivity index (χ2v) is 6.02. The Morgan fingerprint density at radius 3 is 2.21 bits per heavy atom. The van der Waals surface area contributed by atoms with Crippen LogP contribution < -0.4 is 25.6 Å². The number of nitrogens with one attached hydrogen (secondary N) is 3. The van der Waals surface area contributed by atoms with Gasteiger partial charge in [-0.25, -0.2) is 0 Å². The molecule has 2 aromatic rings. The largest absolute Gasteiger partial charge is 0.497 e. The number of ether oxygens (including phenoxy) is 2. The number of non-ortho nitro benzene ring substituents is 1. The van der Waals surface area contributed by atoms with Crippen LogP contribution in [0.15, 0.2) is 48.5 Å². The fraction of sp³-hybridized carbons (Fsp3) is 0.167. The van der Waals surface area contributed by atoms with Crippen LogP contribution in [0.25, 0.3) is 0 Å². The lowest BCUT2D eigenvalue weighted by Gasteiger charge is -2.11. The van der Waals surface area contributed by atoms with Gasteiger partial charge in [0.15, 0.2) is 11.7 Å². The number of carbonyl (C=O) groups is 2. The number of thiocarbonyl (C=S) groups is 1. The first-order valence-corrected chi connectivity index (χ1v) is 8.67. The summed E-state index contributed by atoms with van der Waals surface area (Å²) in [5, 5.41) is 12.9. The van der Waals surface area contributed by atoms with E-state index in [-0.39, 0.29) is 29.7 Å². The molecule has 0 radical (unpaired) electrons. The third kappa shape index (κ3) is 7.42. The zero-order chi connectivity index (χ0) is 21.2. The lowest BCUT2D eigenvalue weighted by Crippen LogP contribution is -2.49. The van der Waals surface area contributed by atoms with Crippen molar-refractivity contribution in [1.29, 1.82) is 0 Å². The summed E-state index contributed by atoms with van der Waals surface area (Å²) in [4.78, 5) is 33.7. The molecule has 0 heterocycles. The fourth-order valence-electron chi connectivity index (χ4n) is 2.11. The summed E-state index contributed by atoms with van der Waals surface area (Å²) in [6.07, 6.45) is 0.100. The van der Waals surface area contributed by atoms with Crippen LogP contribution in [0.4, 0.5) is 5.69 Å². The zero-order valence-electron chi connectivity index (χ0n) is 15.3. The van der Waals surface area contributed by atoms with Gasteiger partial charge < -0.3 is 14.8 Å². The number of nitro groups is 1. The van der Waals surface area contributed by atoms with E-state index in [1.807, 2.05) is 0 Å². The smallest absolute Gasteiger partial charge is 0.276 e. The number of nitro benzene ring substituents is 1. The van der Waals surface area contributed by atoms with E-state index in [4.69, 9.17) is 21.7 Å². The van der Waals surface area contributed by atoms with E-state index in [1.165, 1.54) is 24.3 Å². The standard InChI is InChI=1S/C18H18N4O6S/c1-27-14-6-2-12(3-7-14)10-16(23)19-18(29)21-20-17(24)11-28-15-8-4-13(5-9-15)22(25)26/h2-9H,10-11H2,1H3,(H,20,24)(H2,19,21,23,29). The summed E-state index contributed by atoms with van der Waals surface area (Å²) in [5.74, 6) is 0.0604. The monoisotopic (exact) mass is 418 g/mol. The predicted octanol–water partition coefficient (Wildman–Crippen LogP) is 1.25. The molecular formula is C18H18N4O6S. The SMILES string of the molecule is COc1ccc(CC(=O)NC(=S)NNC(=O)COc2ccc([N+](=O)[O-])cc2)cc1. The van der Waals surface area contributed by atoms with Gasteiger partial charge in [0.1, 0.15) is 11.5 Å². The highest BCUT2D eigenvalue weighted by Crippen LogP contribution is 2.17. The molecule has 0 spiro atoms. The van der Waals surface area contributed by atoms with E-state index in [9.17, 15) is 19.7 Å². The maximum atomic E-state index is 12.0. The number of benzene rings is 2. The molecule has 2 rings (SSSR count). The number of carbonyl (C=O) groups excluding carboxylic acids is 2. The molecule has 152 valence electrons. The molecule has 0 bridgehead atoms. The summed E-state index contributed by atoms with van der Waals surface area (Å²) >= 11 is 4.94. The van der Waals surface area contributed by atoms with Crippen LogP contribution in [0.2, 0.25) is 0 Å². The van der Waals surface area contributed by atoms with Gasteiger partial charge in [-0.1, -0.05) is 12.1 Å². The lowest BCUT2D eigenvalue weighted by atomic mass is 10.1. The minimum Gasteiger partial charge on any atom is -0.497 e. The third-order valence-corrected chi connectivity index (χ3v) is 3.71. The van der Waals surface area contributed by atoms with Crippen molar-refractivity contribution in [1.82, 2.24) is 16.2 Å². The Balaban J connectivity index is 1.68. The van der Waals surface area contributed by atoms with Crippen LogP contribution in [0.1, 0.15) is 5.56 Å². The molecular weight excluding hydrogens is 400 g/mol. The molecule has 0 fully saturated rings. The molecule has 0 saturated heterocycles. The molecule has 0 aliphatic heterocycles. The predicted molar refractivity (Wildman–Crippen MR) is 107 cm³/mol. The molecule has 2 aromatic carbocycles. The van der Waals surface area contributed by atoms with Gasteiger partial charge in [-0.3, -0.25) is 30.6 Å². The maximum absolute atomic E-state index is 12.0. The highest BCUT2D eigenvalue weighted by Gasteiger charge is 2.09. The van der Waals surface area contributed by atoms with Gasteiger partial charge in [-0.2, -0.15) is 0 Å². The Kier molecular flexibility index (Phi) is 7.86. The van der Waals surface area contributed by atoms with Gasteiger partial charge in [-0.05, 0) is 42.0 Å². The van der Waals surface area contributed by atoms with Crippen LogP contribution in [0.5, 0.6) is 11.5 Å².